The molecule has 0 aromatic heterocycles. The SMILES string of the molecule is CCC(C)CN(C)S(=O)(=O)c1cc(N)ccc1F. The maximum Gasteiger partial charge on any atom is 0.245 e. The number of nitrogens with zero attached hydrogens (tertiary/aromatic N) is 1. The highest BCUT2D eigenvalue weighted by Crippen LogP contribution is 2.21. The Balaban J connectivity index is 3.09. The van der Waals surface area contributed by atoms with Gasteiger partial charge in [0.25, 0.3) is 0 Å². The average molecular weight is 274 g/mol. The Bertz CT molecular complexity index is 517. The van der Waals surface area contributed by atoms with E-state index in [0.717, 1.165) is 18.6 Å². The minimum atomic E-state index is -3.82. The molecule has 0 aliphatic carbocycles. The van der Waals surface area contributed by atoms with Gasteiger partial charge in [-0.05, 0) is 24.1 Å². The molecule has 2 N–H and O–H groups in total. The van der Waals surface area contributed by atoms with Crippen LogP contribution in [0.25, 0.3) is 0 Å². The van der Waals surface area contributed by atoms with E-state index in [-0.39, 0.29) is 16.5 Å². The van der Waals surface area contributed by atoms with Crippen LogP contribution in [-0.4, -0.2) is 26.3 Å². The van der Waals surface area contributed by atoms with E-state index in [2.05, 4.69) is 0 Å². The van der Waals surface area contributed by atoms with Gasteiger partial charge in [0.05, 0.1) is 0 Å². The Kier molecular flexibility index (Phi) is 4.70. The Morgan fingerprint density at radius 1 is 1.44 bits per heavy atom. The third kappa shape index (κ3) is 3.20. The number of hydrogen-bond donors (Lipinski definition) is 1. The first kappa shape index (κ1) is 14.9. The van der Waals surface area contributed by atoms with Crippen molar-refractivity contribution in [3.63, 3.8) is 0 Å². The molecule has 0 amide bonds. The van der Waals surface area contributed by atoms with Gasteiger partial charge in [0, 0.05) is 19.3 Å². The van der Waals surface area contributed by atoms with Crippen molar-refractivity contribution in [2.75, 3.05) is 19.3 Å². The number of anilines is 1. The van der Waals surface area contributed by atoms with Gasteiger partial charge >= 0.3 is 0 Å². The molecule has 0 aliphatic rings. The van der Waals surface area contributed by atoms with E-state index in [1.165, 1.54) is 17.4 Å². The second-order valence-electron chi connectivity index (χ2n) is 4.49. The van der Waals surface area contributed by atoms with Crippen molar-refractivity contribution in [3.05, 3.63) is 24.0 Å². The predicted octanol–water partition coefficient (Wildman–Crippen LogP) is 2.07. The van der Waals surface area contributed by atoms with E-state index in [0.29, 0.717) is 6.54 Å². The molecule has 0 heterocycles. The first-order chi connectivity index (χ1) is 8.28. The van der Waals surface area contributed by atoms with E-state index >= 15 is 0 Å². The third-order valence-corrected chi connectivity index (χ3v) is 4.75. The fourth-order valence-corrected chi connectivity index (χ4v) is 2.94. The summed E-state index contributed by atoms with van der Waals surface area (Å²) in [5, 5.41) is 0. The molecule has 0 spiro atoms. The summed E-state index contributed by atoms with van der Waals surface area (Å²) in [6, 6.07) is 3.56. The van der Waals surface area contributed by atoms with Gasteiger partial charge in [-0.2, -0.15) is 0 Å². The zero-order valence-corrected chi connectivity index (χ0v) is 11.7. The Morgan fingerprint density at radius 2 is 2.06 bits per heavy atom. The third-order valence-electron chi connectivity index (χ3n) is 2.91. The van der Waals surface area contributed by atoms with Gasteiger partial charge in [0.15, 0.2) is 0 Å². The molecule has 102 valence electrons. The minimum Gasteiger partial charge on any atom is -0.399 e. The second-order valence-corrected chi connectivity index (χ2v) is 6.50. The number of benzene rings is 1. The predicted molar refractivity (Wildman–Crippen MR) is 70.1 cm³/mol. The van der Waals surface area contributed by atoms with Crippen LogP contribution in [0.3, 0.4) is 0 Å². The smallest absolute Gasteiger partial charge is 0.245 e. The van der Waals surface area contributed by atoms with E-state index in [1.54, 1.807) is 0 Å². The van der Waals surface area contributed by atoms with Crippen LogP contribution >= 0.6 is 0 Å². The normalized spacial score (nSPS) is 13.8. The number of nitrogens with two attached hydrogens (primary N) is 1. The van der Waals surface area contributed by atoms with Gasteiger partial charge in [-0.25, -0.2) is 17.1 Å². The Labute approximate surface area is 108 Å². The fourth-order valence-electron chi connectivity index (χ4n) is 1.55. The summed E-state index contributed by atoms with van der Waals surface area (Å²) in [5.74, 6) is -0.561. The summed E-state index contributed by atoms with van der Waals surface area (Å²) in [7, 11) is -2.37. The van der Waals surface area contributed by atoms with Crippen LogP contribution in [0.2, 0.25) is 0 Å². The zero-order chi connectivity index (χ0) is 13.9. The van der Waals surface area contributed by atoms with Crippen molar-refractivity contribution in [1.29, 1.82) is 0 Å². The van der Waals surface area contributed by atoms with Crippen molar-refractivity contribution in [1.82, 2.24) is 4.31 Å². The number of sulfonamides is 1. The second kappa shape index (κ2) is 5.67. The molecule has 0 bridgehead atoms. The van der Waals surface area contributed by atoms with Gasteiger partial charge < -0.3 is 5.73 Å². The minimum absolute atomic E-state index is 0.217. The lowest BCUT2D eigenvalue weighted by Gasteiger charge is -2.20. The summed E-state index contributed by atoms with van der Waals surface area (Å²) < 4.78 is 39.1. The van der Waals surface area contributed by atoms with E-state index in [1.807, 2.05) is 13.8 Å². The van der Waals surface area contributed by atoms with Gasteiger partial charge in [-0.3, -0.25) is 0 Å². The van der Waals surface area contributed by atoms with Crippen molar-refractivity contribution < 1.29 is 12.8 Å². The molecule has 0 saturated heterocycles. The topological polar surface area (TPSA) is 63.4 Å². The molecule has 4 nitrogen and oxygen atoms in total. The molecule has 6 heteroatoms. The van der Waals surface area contributed by atoms with Gasteiger partial charge in [-0.1, -0.05) is 20.3 Å². The van der Waals surface area contributed by atoms with Gasteiger partial charge in [-0.15, -0.1) is 0 Å². The highest BCUT2D eigenvalue weighted by molar-refractivity contribution is 7.89. The molecule has 1 unspecified atom stereocenters. The Morgan fingerprint density at radius 3 is 2.61 bits per heavy atom. The lowest BCUT2D eigenvalue weighted by Crippen LogP contribution is -2.31. The average Bonchev–Trinajstić information content (AvgIpc) is 2.31. The number of nitrogen functional groups attached to an aromatic ring is 1. The quantitative estimate of drug-likeness (QED) is 0.836. The van der Waals surface area contributed by atoms with Crippen LogP contribution in [0.4, 0.5) is 10.1 Å². The van der Waals surface area contributed by atoms with Crippen molar-refractivity contribution >= 4 is 15.7 Å². The fraction of sp³-hybridized carbons (Fsp3) is 0.500. The van der Waals surface area contributed by atoms with E-state index < -0.39 is 15.8 Å². The summed E-state index contributed by atoms with van der Waals surface area (Å²) in [5.41, 5.74) is 5.73. The van der Waals surface area contributed by atoms with Gasteiger partial charge in [0.2, 0.25) is 10.0 Å². The monoisotopic (exact) mass is 274 g/mol. The molecule has 0 saturated carbocycles. The maximum absolute atomic E-state index is 13.6. The van der Waals surface area contributed by atoms with E-state index in [4.69, 9.17) is 5.73 Å². The standard InChI is InChI=1S/C12H19FN2O2S/c1-4-9(2)8-15(3)18(16,17)12-7-10(14)5-6-11(12)13/h5-7,9H,4,8,14H2,1-3H3. The van der Waals surface area contributed by atoms with Crippen LogP contribution < -0.4 is 5.73 Å². The van der Waals surface area contributed by atoms with Crippen LogP contribution in [0.5, 0.6) is 0 Å². The summed E-state index contributed by atoms with van der Waals surface area (Å²) in [6.45, 7) is 4.28. The maximum atomic E-state index is 13.6. The molecular weight excluding hydrogens is 255 g/mol. The Hall–Kier alpha value is -1.14. The molecule has 1 rings (SSSR count). The first-order valence-corrected chi connectivity index (χ1v) is 7.24. The van der Waals surface area contributed by atoms with Crippen molar-refractivity contribution in [2.45, 2.75) is 25.2 Å². The highest BCUT2D eigenvalue weighted by atomic mass is 32.2. The molecule has 1 atom stereocenters. The number of hydrogen-bond acceptors (Lipinski definition) is 3. The molecule has 0 radical (unpaired) electrons. The first-order valence-electron chi connectivity index (χ1n) is 5.80. The number of halogens is 1. The van der Waals surface area contributed by atoms with Crippen LogP contribution in [0.15, 0.2) is 23.1 Å². The van der Waals surface area contributed by atoms with E-state index in [9.17, 15) is 12.8 Å². The van der Waals surface area contributed by atoms with Crippen LogP contribution in [0, 0.1) is 11.7 Å². The zero-order valence-electron chi connectivity index (χ0n) is 10.9. The molecule has 1 aromatic carbocycles. The summed E-state index contributed by atoms with van der Waals surface area (Å²) >= 11 is 0. The lowest BCUT2D eigenvalue weighted by atomic mass is 10.1. The van der Waals surface area contributed by atoms with Crippen LogP contribution in [-0.2, 0) is 10.0 Å². The molecule has 0 aliphatic heterocycles. The van der Waals surface area contributed by atoms with Crippen LogP contribution in [0.1, 0.15) is 20.3 Å². The van der Waals surface area contributed by atoms with Crippen molar-refractivity contribution in [3.8, 4) is 0 Å². The summed E-state index contributed by atoms with van der Waals surface area (Å²) in [4.78, 5) is -0.367. The molecule has 1 aromatic rings. The summed E-state index contributed by atoms with van der Waals surface area (Å²) in [6.07, 6.45) is 0.860. The number of rotatable bonds is 5. The lowest BCUT2D eigenvalue weighted by molar-refractivity contribution is 0.391. The largest absolute Gasteiger partial charge is 0.399 e. The highest BCUT2D eigenvalue weighted by Gasteiger charge is 2.25. The molecule has 0 fully saturated rings. The molecule has 18 heavy (non-hydrogen) atoms. The molecular formula is C12H19FN2O2S. The van der Waals surface area contributed by atoms with Crippen molar-refractivity contribution in [2.24, 2.45) is 5.92 Å². The van der Waals surface area contributed by atoms with Gasteiger partial charge in [0.1, 0.15) is 10.7 Å².